The number of piperidine rings is 1. The lowest BCUT2D eigenvalue weighted by molar-refractivity contribution is 0.0570. The van der Waals surface area contributed by atoms with E-state index in [9.17, 15) is 9.59 Å². The van der Waals surface area contributed by atoms with E-state index in [0.29, 0.717) is 44.4 Å². The number of aromatic nitrogens is 1. The second kappa shape index (κ2) is 9.06. The third kappa shape index (κ3) is 4.51. The third-order valence-corrected chi connectivity index (χ3v) is 5.49. The topological polar surface area (TPSA) is 66.0 Å². The van der Waals surface area contributed by atoms with Gasteiger partial charge in [-0.25, -0.2) is 4.79 Å². The fraction of sp³-hybridized carbons (Fsp3) is 0.650. The number of ether oxygens (including phenoxy) is 1. The van der Waals surface area contributed by atoms with Gasteiger partial charge in [-0.15, -0.1) is 0 Å². The number of nitrogens with zero attached hydrogens (tertiary/aromatic N) is 4. The highest BCUT2D eigenvalue weighted by Crippen LogP contribution is 2.26. The summed E-state index contributed by atoms with van der Waals surface area (Å²) < 4.78 is 5.03. The van der Waals surface area contributed by atoms with Gasteiger partial charge in [-0.1, -0.05) is 6.92 Å². The average Bonchev–Trinajstić information content (AvgIpc) is 2.73. The van der Waals surface area contributed by atoms with Crippen LogP contribution in [-0.4, -0.2) is 72.2 Å². The zero-order valence-corrected chi connectivity index (χ0v) is 16.4. The lowest BCUT2D eigenvalue weighted by atomic mass is 9.99. The number of pyridine rings is 1. The van der Waals surface area contributed by atoms with Gasteiger partial charge >= 0.3 is 6.09 Å². The van der Waals surface area contributed by atoms with Crippen molar-refractivity contribution in [3.8, 4) is 0 Å². The van der Waals surface area contributed by atoms with Gasteiger partial charge < -0.3 is 19.4 Å². The van der Waals surface area contributed by atoms with E-state index < -0.39 is 0 Å². The van der Waals surface area contributed by atoms with Gasteiger partial charge in [-0.05, 0) is 38.7 Å². The Morgan fingerprint density at radius 2 is 1.81 bits per heavy atom. The summed E-state index contributed by atoms with van der Waals surface area (Å²) in [6.07, 6.45) is 7.97. The number of hydrogen-bond donors (Lipinski definition) is 0. The second-order valence-electron chi connectivity index (χ2n) is 7.16. The molecule has 7 heteroatoms. The first-order valence-corrected chi connectivity index (χ1v) is 10.1. The molecule has 0 saturated carbocycles. The molecule has 148 valence electrons. The highest BCUT2D eigenvalue weighted by molar-refractivity contribution is 5.95. The molecule has 1 atom stereocenters. The molecule has 0 N–H and O–H groups in total. The van der Waals surface area contributed by atoms with Crippen molar-refractivity contribution in [2.75, 3.05) is 44.2 Å². The summed E-state index contributed by atoms with van der Waals surface area (Å²) >= 11 is 0. The number of amides is 2. The van der Waals surface area contributed by atoms with E-state index in [1.807, 2.05) is 12.3 Å². The molecule has 7 nitrogen and oxygen atoms in total. The average molecular weight is 374 g/mol. The van der Waals surface area contributed by atoms with Crippen molar-refractivity contribution in [1.29, 1.82) is 0 Å². The van der Waals surface area contributed by atoms with Crippen LogP contribution in [0, 0.1) is 0 Å². The first-order chi connectivity index (χ1) is 13.1. The quantitative estimate of drug-likeness (QED) is 0.811. The minimum Gasteiger partial charge on any atom is -0.450 e. The van der Waals surface area contributed by atoms with E-state index in [1.54, 1.807) is 22.9 Å². The summed E-state index contributed by atoms with van der Waals surface area (Å²) in [7, 11) is 0. The number of carbonyl (C=O) groups excluding carboxylic acids is 2. The molecule has 0 aliphatic carbocycles. The van der Waals surface area contributed by atoms with Crippen LogP contribution in [0.2, 0.25) is 0 Å². The molecule has 2 aliphatic heterocycles. The van der Waals surface area contributed by atoms with Crippen molar-refractivity contribution in [3.63, 3.8) is 0 Å². The van der Waals surface area contributed by atoms with E-state index in [2.05, 4.69) is 16.8 Å². The molecule has 3 heterocycles. The Kier molecular flexibility index (Phi) is 6.53. The Bertz CT molecular complexity index is 658. The van der Waals surface area contributed by atoms with Crippen LogP contribution >= 0.6 is 0 Å². The molecular formula is C20H30N4O3. The SMILES string of the molecule is CCOC(=O)N1CCN(C(=O)c2cncc(N3CCCCC3CC)c2)CC1. The molecule has 27 heavy (non-hydrogen) atoms. The van der Waals surface area contributed by atoms with E-state index in [0.717, 1.165) is 18.7 Å². The first-order valence-electron chi connectivity index (χ1n) is 10.1. The van der Waals surface area contributed by atoms with Crippen LogP contribution in [0.25, 0.3) is 0 Å². The maximum atomic E-state index is 12.9. The van der Waals surface area contributed by atoms with Gasteiger partial charge in [0.1, 0.15) is 0 Å². The van der Waals surface area contributed by atoms with Crippen molar-refractivity contribution in [1.82, 2.24) is 14.8 Å². The van der Waals surface area contributed by atoms with E-state index >= 15 is 0 Å². The van der Waals surface area contributed by atoms with Crippen molar-refractivity contribution in [3.05, 3.63) is 24.0 Å². The molecule has 1 aromatic heterocycles. The Balaban J connectivity index is 1.65. The lowest BCUT2D eigenvalue weighted by Gasteiger charge is -2.37. The summed E-state index contributed by atoms with van der Waals surface area (Å²) in [6, 6.07) is 2.50. The summed E-state index contributed by atoms with van der Waals surface area (Å²) in [5, 5.41) is 0. The lowest BCUT2D eigenvalue weighted by Crippen LogP contribution is -2.50. The Hall–Kier alpha value is -2.31. The van der Waals surface area contributed by atoms with E-state index in [1.165, 1.54) is 19.3 Å². The third-order valence-electron chi connectivity index (χ3n) is 5.49. The molecule has 2 fully saturated rings. The Morgan fingerprint density at radius 1 is 1.07 bits per heavy atom. The maximum absolute atomic E-state index is 12.9. The van der Waals surface area contributed by atoms with Crippen LogP contribution in [0.1, 0.15) is 49.9 Å². The minimum absolute atomic E-state index is 0.0158. The fourth-order valence-corrected chi connectivity index (χ4v) is 3.96. The zero-order chi connectivity index (χ0) is 19.2. The number of anilines is 1. The number of hydrogen-bond acceptors (Lipinski definition) is 5. The molecule has 3 rings (SSSR count). The van der Waals surface area contributed by atoms with Crippen molar-refractivity contribution in [2.45, 2.75) is 45.6 Å². The minimum atomic E-state index is -0.302. The standard InChI is InChI=1S/C20H30N4O3/c1-3-17-7-5-6-8-24(17)18-13-16(14-21-15-18)19(25)22-9-11-23(12-10-22)20(26)27-4-2/h13-15,17H,3-12H2,1-2H3. The molecule has 1 aromatic rings. The molecule has 2 aliphatic rings. The highest BCUT2D eigenvalue weighted by atomic mass is 16.6. The fourth-order valence-electron chi connectivity index (χ4n) is 3.96. The molecule has 2 amide bonds. The van der Waals surface area contributed by atoms with Crippen LogP contribution in [0.4, 0.5) is 10.5 Å². The molecule has 0 aromatic carbocycles. The molecular weight excluding hydrogens is 344 g/mol. The number of carbonyl (C=O) groups is 2. The van der Waals surface area contributed by atoms with Gasteiger partial charge in [0.25, 0.3) is 5.91 Å². The van der Waals surface area contributed by atoms with Gasteiger partial charge in [0.15, 0.2) is 0 Å². The first kappa shape index (κ1) is 19.5. The summed E-state index contributed by atoms with van der Waals surface area (Å²) in [6.45, 7) is 7.44. The van der Waals surface area contributed by atoms with Gasteiger partial charge in [0.2, 0.25) is 0 Å². The predicted octanol–water partition coefficient (Wildman–Crippen LogP) is 2.76. The summed E-state index contributed by atoms with van der Waals surface area (Å²) in [5.41, 5.74) is 1.66. The smallest absolute Gasteiger partial charge is 0.409 e. The number of rotatable bonds is 4. The summed E-state index contributed by atoms with van der Waals surface area (Å²) in [5.74, 6) is -0.0158. The highest BCUT2D eigenvalue weighted by Gasteiger charge is 2.27. The maximum Gasteiger partial charge on any atom is 0.409 e. The van der Waals surface area contributed by atoms with Crippen molar-refractivity contribution in [2.24, 2.45) is 0 Å². The Labute approximate surface area is 161 Å². The van der Waals surface area contributed by atoms with Crippen molar-refractivity contribution < 1.29 is 14.3 Å². The molecule has 0 bridgehead atoms. The van der Waals surface area contributed by atoms with Crippen LogP contribution in [0.3, 0.4) is 0 Å². The van der Waals surface area contributed by atoms with Gasteiger partial charge in [-0.3, -0.25) is 9.78 Å². The van der Waals surface area contributed by atoms with E-state index in [-0.39, 0.29) is 12.0 Å². The van der Waals surface area contributed by atoms with Crippen LogP contribution in [-0.2, 0) is 4.74 Å². The zero-order valence-electron chi connectivity index (χ0n) is 16.4. The number of piperazine rings is 1. The molecule has 1 unspecified atom stereocenters. The van der Waals surface area contributed by atoms with Gasteiger partial charge in [0.05, 0.1) is 24.1 Å². The predicted molar refractivity (Wildman–Crippen MR) is 104 cm³/mol. The molecule has 0 radical (unpaired) electrons. The Morgan fingerprint density at radius 3 is 2.52 bits per heavy atom. The monoisotopic (exact) mass is 374 g/mol. The van der Waals surface area contributed by atoms with Crippen LogP contribution in [0.15, 0.2) is 18.5 Å². The summed E-state index contributed by atoms with van der Waals surface area (Å²) in [4.78, 5) is 34.9. The van der Waals surface area contributed by atoms with Crippen LogP contribution < -0.4 is 4.90 Å². The van der Waals surface area contributed by atoms with E-state index in [4.69, 9.17) is 4.74 Å². The molecule has 0 spiro atoms. The van der Waals surface area contributed by atoms with Gasteiger partial charge in [0, 0.05) is 45.0 Å². The largest absolute Gasteiger partial charge is 0.450 e. The second-order valence-corrected chi connectivity index (χ2v) is 7.16. The normalized spacial score (nSPS) is 20.5. The van der Waals surface area contributed by atoms with Crippen LogP contribution in [0.5, 0.6) is 0 Å². The molecule has 2 saturated heterocycles. The van der Waals surface area contributed by atoms with Crippen molar-refractivity contribution >= 4 is 17.7 Å². The van der Waals surface area contributed by atoms with Gasteiger partial charge in [-0.2, -0.15) is 0 Å².